The Morgan fingerprint density at radius 3 is 2.30 bits per heavy atom. The van der Waals surface area contributed by atoms with Crippen LogP contribution in [0.2, 0.25) is 0 Å². The van der Waals surface area contributed by atoms with Gasteiger partial charge in [-0.3, -0.25) is 13.8 Å². The van der Waals surface area contributed by atoms with E-state index in [-0.39, 0.29) is 5.56 Å². The minimum Gasteiger partial charge on any atom is -0.278 e. The zero-order valence-electron chi connectivity index (χ0n) is 14.2. The van der Waals surface area contributed by atoms with Gasteiger partial charge >= 0.3 is 0 Å². The number of imidazole rings is 1. The number of para-hydroxylation sites is 1. The number of nitrogens with zero attached hydrogens (tertiary/aromatic N) is 3. The summed E-state index contributed by atoms with van der Waals surface area (Å²) in [5.74, 6) is 0.597. The average Bonchev–Trinajstić information content (AvgIpc) is 3.09. The summed E-state index contributed by atoms with van der Waals surface area (Å²) >= 11 is 3.49. The number of aromatic nitrogens is 3. The third kappa shape index (κ3) is 2.59. The summed E-state index contributed by atoms with van der Waals surface area (Å²) in [6.45, 7) is 0. The Labute approximate surface area is 163 Å². The molecule has 5 aromatic rings. The van der Waals surface area contributed by atoms with E-state index in [9.17, 15) is 4.79 Å². The molecule has 0 fully saturated rings. The predicted molar refractivity (Wildman–Crippen MR) is 111 cm³/mol. The van der Waals surface area contributed by atoms with Crippen LogP contribution in [-0.4, -0.2) is 14.0 Å². The third-order valence-corrected chi connectivity index (χ3v) is 5.16. The van der Waals surface area contributed by atoms with Crippen molar-refractivity contribution >= 4 is 32.6 Å². The quantitative estimate of drug-likeness (QED) is 0.403. The van der Waals surface area contributed by atoms with Crippen LogP contribution in [0, 0.1) is 0 Å². The molecule has 0 aliphatic carbocycles. The molecule has 2 aromatic heterocycles. The summed E-state index contributed by atoms with van der Waals surface area (Å²) in [6.07, 6.45) is 1.87. The van der Waals surface area contributed by atoms with Crippen molar-refractivity contribution in [2.75, 3.05) is 0 Å². The Hall–Kier alpha value is -3.18. The Balaban J connectivity index is 1.94. The Kier molecular flexibility index (Phi) is 3.69. The Morgan fingerprint density at radius 1 is 0.815 bits per heavy atom. The minimum atomic E-state index is -0.0661. The molecule has 0 bridgehead atoms. The maximum Gasteiger partial charge on any atom is 0.266 e. The first-order valence-corrected chi connectivity index (χ1v) is 9.36. The second-order valence-corrected chi connectivity index (χ2v) is 7.21. The first-order chi connectivity index (χ1) is 13.2. The second-order valence-electron chi connectivity index (χ2n) is 6.30. The van der Waals surface area contributed by atoms with Crippen molar-refractivity contribution in [3.63, 3.8) is 0 Å². The summed E-state index contributed by atoms with van der Waals surface area (Å²) in [6, 6.07) is 25.5. The molecule has 0 aliphatic heterocycles. The van der Waals surface area contributed by atoms with Crippen LogP contribution in [0.5, 0.6) is 0 Å². The van der Waals surface area contributed by atoms with Crippen LogP contribution in [0.1, 0.15) is 0 Å². The van der Waals surface area contributed by atoms with Crippen molar-refractivity contribution in [3.8, 4) is 16.9 Å². The SMILES string of the molecule is O=c1c2ccccc2nc2n(-c3ccc(Br)cc3)c(-c3ccccc3)cn12. The van der Waals surface area contributed by atoms with Crippen molar-refractivity contribution in [2.24, 2.45) is 0 Å². The molecule has 27 heavy (non-hydrogen) atoms. The molecular weight excluding hydrogens is 402 g/mol. The van der Waals surface area contributed by atoms with Gasteiger partial charge in [-0.1, -0.05) is 58.4 Å². The minimum absolute atomic E-state index is 0.0661. The van der Waals surface area contributed by atoms with Crippen LogP contribution >= 0.6 is 15.9 Å². The molecule has 0 saturated carbocycles. The van der Waals surface area contributed by atoms with Crippen LogP contribution in [0.4, 0.5) is 0 Å². The zero-order chi connectivity index (χ0) is 18.4. The number of hydrogen-bond donors (Lipinski definition) is 0. The summed E-state index contributed by atoms with van der Waals surface area (Å²) in [4.78, 5) is 17.9. The van der Waals surface area contributed by atoms with Crippen LogP contribution in [0.3, 0.4) is 0 Å². The first-order valence-electron chi connectivity index (χ1n) is 8.56. The maximum atomic E-state index is 13.1. The van der Waals surface area contributed by atoms with Gasteiger partial charge in [-0.05, 0) is 36.4 Å². The van der Waals surface area contributed by atoms with Gasteiger partial charge in [0.1, 0.15) is 0 Å². The molecule has 4 nitrogen and oxygen atoms in total. The van der Waals surface area contributed by atoms with Crippen molar-refractivity contribution in [1.82, 2.24) is 14.0 Å². The van der Waals surface area contributed by atoms with E-state index in [0.717, 1.165) is 21.4 Å². The van der Waals surface area contributed by atoms with Gasteiger partial charge < -0.3 is 0 Å². The lowest BCUT2D eigenvalue weighted by molar-refractivity contribution is 1.03. The van der Waals surface area contributed by atoms with E-state index >= 15 is 0 Å². The molecule has 5 rings (SSSR count). The maximum absolute atomic E-state index is 13.1. The smallest absolute Gasteiger partial charge is 0.266 e. The highest BCUT2D eigenvalue weighted by Gasteiger charge is 2.16. The molecule has 0 radical (unpaired) electrons. The monoisotopic (exact) mass is 415 g/mol. The van der Waals surface area contributed by atoms with Gasteiger partial charge in [0.25, 0.3) is 5.56 Å². The Morgan fingerprint density at radius 2 is 1.52 bits per heavy atom. The summed E-state index contributed by atoms with van der Waals surface area (Å²) in [5, 5.41) is 0.613. The standard InChI is InChI=1S/C22H14BrN3O/c23-16-10-12-17(13-11-16)26-20(15-6-2-1-3-7-15)14-25-21(27)18-8-4-5-9-19(18)24-22(25)26/h1-14H. The van der Waals surface area contributed by atoms with Crippen LogP contribution in [0.15, 0.2) is 94.3 Å². The Bertz CT molecular complexity index is 1340. The number of fused-ring (bicyclic) bond motifs is 2. The first kappa shape index (κ1) is 16.0. The van der Waals surface area contributed by atoms with Gasteiger partial charge in [0, 0.05) is 21.9 Å². The van der Waals surface area contributed by atoms with Gasteiger partial charge in [-0.25, -0.2) is 4.98 Å². The average molecular weight is 416 g/mol. The molecule has 0 spiro atoms. The summed E-state index contributed by atoms with van der Waals surface area (Å²) in [7, 11) is 0. The molecule has 5 heteroatoms. The van der Waals surface area contributed by atoms with E-state index in [1.165, 1.54) is 0 Å². The molecule has 130 valence electrons. The van der Waals surface area contributed by atoms with E-state index < -0.39 is 0 Å². The number of benzene rings is 3. The van der Waals surface area contributed by atoms with Crippen LogP contribution in [0.25, 0.3) is 33.6 Å². The van der Waals surface area contributed by atoms with E-state index in [2.05, 4.69) is 15.9 Å². The van der Waals surface area contributed by atoms with E-state index in [1.54, 1.807) is 4.40 Å². The fourth-order valence-corrected chi connectivity index (χ4v) is 3.62. The lowest BCUT2D eigenvalue weighted by atomic mass is 10.1. The molecule has 0 atom stereocenters. The third-order valence-electron chi connectivity index (χ3n) is 4.64. The van der Waals surface area contributed by atoms with Crippen molar-refractivity contribution < 1.29 is 0 Å². The zero-order valence-corrected chi connectivity index (χ0v) is 15.8. The number of halogens is 1. The van der Waals surface area contributed by atoms with Crippen LogP contribution in [-0.2, 0) is 0 Å². The highest BCUT2D eigenvalue weighted by molar-refractivity contribution is 9.10. The fraction of sp³-hybridized carbons (Fsp3) is 0. The van der Waals surface area contributed by atoms with Gasteiger partial charge in [0.05, 0.1) is 16.6 Å². The fourth-order valence-electron chi connectivity index (χ4n) is 3.35. The number of hydrogen-bond acceptors (Lipinski definition) is 2. The number of rotatable bonds is 2. The molecule has 2 heterocycles. The van der Waals surface area contributed by atoms with Crippen molar-refractivity contribution in [2.45, 2.75) is 0 Å². The van der Waals surface area contributed by atoms with Gasteiger partial charge in [-0.2, -0.15) is 0 Å². The van der Waals surface area contributed by atoms with Gasteiger partial charge in [-0.15, -0.1) is 0 Å². The topological polar surface area (TPSA) is 39.3 Å². The molecule has 3 aromatic carbocycles. The van der Waals surface area contributed by atoms with Crippen molar-refractivity contribution in [3.05, 3.63) is 99.9 Å². The highest BCUT2D eigenvalue weighted by Crippen LogP contribution is 2.27. The normalized spacial score (nSPS) is 11.3. The molecule has 0 unspecified atom stereocenters. The van der Waals surface area contributed by atoms with Gasteiger partial charge in [0.2, 0.25) is 5.78 Å². The van der Waals surface area contributed by atoms with Crippen molar-refractivity contribution in [1.29, 1.82) is 0 Å². The summed E-state index contributed by atoms with van der Waals surface area (Å²) in [5.41, 5.74) is 3.51. The van der Waals surface area contributed by atoms with E-state index in [0.29, 0.717) is 16.7 Å². The highest BCUT2D eigenvalue weighted by atomic mass is 79.9. The lowest BCUT2D eigenvalue weighted by Gasteiger charge is -2.10. The van der Waals surface area contributed by atoms with Crippen LogP contribution < -0.4 is 5.56 Å². The molecule has 0 N–H and O–H groups in total. The van der Waals surface area contributed by atoms with E-state index in [1.807, 2.05) is 89.6 Å². The second kappa shape index (κ2) is 6.21. The van der Waals surface area contributed by atoms with E-state index in [4.69, 9.17) is 4.98 Å². The lowest BCUT2D eigenvalue weighted by Crippen LogP contribution is -2.14. The molecule has 0 saturated heterocycles. The molecule has 0 aliphatic rings. The predicted octanol–water partition coefficient (Wildman–Crippen LogP) is 5.07. The summed E-state index contributed by atoms with van der Waals surface area (Å²) < 4.78 is 4.65. The largest absolute Gasteiger partial charge is 0.278 e. The van der Waals surface area contributed by atoms with Gasteiger partial charge in [0.15, 0.2) is 0 Å². The molecule has 0 amide bonds. The molecular formula is C22H14BrN3O.